The van der Waals surface area contributed by atoms with Gasteiger partial charge in [-0.2, -0.15) is 4.80 Å². The second-order valence-corrected chi connectivity index (χ2v) is 10.4. The fourth-order valence-electron chi connectivity index (χ4n) is 3.91. The highest BCUT2D eigenvalue weighted by molar-refractivity contribution is 7.80. The van der Waals surface area contributed by atoms with Crippen LogP contribution < -0.4 is 10.6 Å². The Morgan fingerprint density at radius 2 is 1.67 bits per heavy atom. The van der Waals surface area contributed by atoms with Gasteiger partial charge in [0.1, 0.15) is 16.8 Å². The maximum atomic E-state index is 12.7. The summed E-state index contributed by atoms with van der Waals surface area (Å²) in [5.41, 5.74) is 4.53. The molecule has 0 aliphatic heterocycles. The third-order valence-electron chi connectivity index (χ3n) is 5.96. The predicted octanol–water partition coefficient (Wildman–Crippen LogP) is 8.11. The van der Waals surface area contributed by atoms with E-state index in [2.05, 4.69) is 39.9 Å². The molecule has 0 aliphatic rings. The van der Waals surface area contributed by atoms with Gasteiger partial charge in [0.2, 0.25) is 0 Å². The Morgan fingerprint density at radius 1 is 0.923 bits per heavy atom. The van der Waals surface area contributed by atoms with Crippen LogP contribution in [0.3, 0.4) is 0 Å². The quantitative estimate of drug-likeness (QED) is 0.184. The highest BCUT2D eigenvalue weighted by Gasteiger charge is 2.16. The monoisotopic (exact) mass is 597 g/mol. The Balaban J connectivity index is 1.26. The van der Waals surface area contributed by atoms with E-state index in [9.17, 15) is 4.79 Å². The zero-order valence-corrected chi connectivity index (χ0v) is 23.8. The van der Waals surface area contributed by atoms with E-state index in [0.717, 1.165) is 24.9 Å². The lowest BCUT2D eigenvalue weighted by Gasteiger charge is -2.10. The van der Waals surface area contributed by atoms with Crippen molar-refractivity contribution in [3.8, 4) is 17.0 Å². The molecule has 3 aromatic carbocycles. The van der Waals surface area contributed by atoms with Crippen molar-refractivity contribution in [3.63, 3.8) is 0 Å². The van der Waals surface area contributed by atoms with E-state index in [-0.39, 0.29) is 10.9 Å². The first-order chi connectivity index (χ1) is 18.8. The van der Waals surface area contributed by atoms with Crippen LogP contribution >= 0.6 is 47.0 Å². The number of aromatic nitrogens is 3. The van der Waals surface area contributed by atoms with Crippen molar-refractivity contribution in [3.05, 3.63) is 93.1 Å². The van der Waals surface area contributed by atoms with E-state index >= 15 is 0 Å². The number of fused-ring (bicyclic) bond motifs is 1. The van der Waals surface area contributed by atoms with Gasteiger partial charge in [0.05, 0.1) is 26.4 Å². The van der Waals surface area contributed by atoms with E-state index in [1.54, 1.807) is 47.3 Å². The molecule has 2 heterocycles. The van der Waals surface area contributed by atoms with Crippen LogP contribution in [0.2, 0.25) is 15.1 Å². The fraction of sp³-hybridized carbons (Fsp3) is 0.143. The minimum Gasteiger partial charge on any atom is -0.451 e. The van der Waals surface area contributed by atoms with Crippen LogP contribution in [0.5, 0.6) is 0 Å². The molecule has 5 rings (SSSR count). The number of rotatable bonds is 7. The van der Waals surface area contributed by atoms with Crippen molar-refractivity contribution >= 4 is 74.8 Å². The molecule has 11 heteroatoms. The summed E-state index contributed by atoms with van der Waals surface area (Å²) in [7, 11) is 0. The summed E-state index contributed by atoms with van der Waals surface area (Å²) >= 11 is 23.9. The summed E-state index contributed by atoms with van der Waals surface area (Å²) in [5, 5.41) is 15.9. The number of hydrogen-bond acceptors (Lipinski definition) is 5. The average molecular weight is 599 g/mol. The molecule has 0 saturated heterocycles. The largest absolute Gasteiger partial charge is 0.451 e. The lowest BCUT2D eigenvalue weighted by Crippen LogP contribution is -2.33. The number of thiocarbonyl (C=S) groups is 1. The highest BCUT2D eigenvalue weighted by Crippen LogP contribution is 2.30. The third kappa shape index (κ3) is 6.25. The van der Waals surface area contributed by atoms with E-state index in [0.29, 0.717) is 43.1 Å². The van der Waals surface area contributed by atoms with E-state index < -0.39 is 5.91 Å². The molecule has 39 heavy (non-hydrogen) atoms. The first-order valence-electron chi connectivity index (χ1n) is 12.1. The molecular weight excluding hydrogens is 577 g/mol. The molecule has 5 aromatic rings. The molecule has 0 atom stereocenters. The van der Waals surface area contributed by atoms with Gasteiger partial charge in [0.15, 0.2) is 10.9 Å². The molecule has 0 fully saturated rings. The number of aryl methyl sites for hydroxylation is 1. The minimum absolute atomic E-state index is 0.0452. The first-order valence-corrected chi connectivity index (χ1v) is 13.7. The Morgan fingerprint density at radius 3 is 2.38 bits per heavy atom. The molecule has 0 bridgehead atoms. The minimum atomic E-state index is -0.524. The summed E-state index contributed by atoms with van der Waals surface area (Å²) in [4.78, 5) is 14.3. The Labute approximate surface area is 245 Å². The number of unbranched alkanes of at least 4 members (excludes halogenated alkanes) is 1. The van der Waals surface area contributed by atoms with Crippen molar-refractivity contribution < 1.29 is 9.21 Å². The molecule has 0 radical (unpaired) electrons. The molecule has 0 aliphatic carbocycles. The van der Waals surface area contributed by atoms with Gasteiger partial charge in [-0.1, -0.05) is 60.3 Å². The number of anilines is 1. The topological polar surface area (TPSA) is 85.0 Å². The molecule has 2 N–H and O–H groups in total. The summed E-state index contributed by atoms with van der Waals surface area (Å²) in [6.45, 7) is 2.18. The summed E-state index contributed by atoms with van der Waals surface area (Å²) in [6, 6.07) is 19.9. The van der Waals surface area contributed by atoms with Gasteiger partial charge in [0.25, 0.3) is 5.91 Å². The van der Waals surface area contributed by atoms with Gasteiger partial charge in [-0.25, -0.2) is 0 Å². The van der Waals surface area contributed by atoms with Crippen LogP contribution in [0, 0.1) is 0 Å². The summed E-state index contributed by atoms with van der Waals surface area (Å²) in [5.74, 6) is 0.0135. The van der Waals surface area contributed by atoms with Gasteiger partial charge < -0.3 is 9.73 Å². The van der Waals surface area contributed by atoms with Crippen LogP contribution in [0.4, 0.5) is 5.69 Å². The van der Waals surface area contributed by atoms with Gasteiger partial charge in [-0.15, -0.1) is 10.2 Å². The lowest BCUT2D eigenvalue weighted by molar-refractivity contribution is 0.0951. The van der Waals surface area contributed by atoms with E-state index in [1.807, 2.05) is 12.1 Å². The predicted molar refractivity (Wildman–Crippen MR) is 160 cm³/mol. The van der Waals surface area contributed by atoms with E-state index in [4.69, 9.17) is 51.4 Å². The van der Waals surface area contributed by atoms with Gasteiger partial charge in [-0.05, 0) is 85.2 Å². The second kappa shape index (κ2) is 11.8. The Hall–Kier alpha value is -3.43. The van der Waals surface area contributed by atoms with Crippen LogP contribution in [-0.4, -0.2) is 26.0 Å². The van der Waals surface area contributed by atoms with Crippen molar-refractivity contribution in [1.29, 1.82) is 0 Å². The van der Waals surface area contributed by atoms with Crippen LogP contribution in [0.15, 0.2) is 71.1 Å². The number of furan rings is 1. The molecule has 0 saturated carbocycles. The summed E-state index contributed by atoms with van der Waals surface area (Å²) < 4.78 is 5.68. The zero-order chi connectivity index (χ0) is 27.5. The van der Waals surface area contributed by atoms with Gasteiger partial charge in [0, 0.05) is 5.56 Å². The van der Waals surface area contributed by atoms with Crippen molar-refractivity contribution in [1.82, 2.24) is 20.3 Å². The Kier molecular flexibility index (Phi) is 8.18. The first kappa shape index (κ1) is 27.1. The highest BCUT2D eigenvalue weighted by atomic mass is 35.5. The van der Waals surface area contributed by atoms with Crippen molar-refractivity contribution in [2.24, 2.45) is 0 Å². The average Bonchev–Trinajstić information content (AvgIpc) is 3.57. The second-order valence-electron chi connectivity index (χ2n) is 8.78. The smallest absolute Gasteiger partial charge is 0.293 e. The van der Waals surface area contributed by atoms with Crippen molar-refractivity contribution in [2.75, 3.05) is 5.32 Å². The molecular formula is C28H22Cl3N5O2S. The summed E-state index contributed by atoms with van der Waals surface area (Å²) in [6.07, 6.45) is 3.35. The van der Waals surface area contributed by atoms with Crippen LogP contribution in [-0.2, 0) is 6.42 Å². The number of hydrogen-bond donors (Lipinski definition) is 2. The third-order valence-corrected chi connectivity index (χ3v) is 7.22. The number of halogens is 3. The number of benzene rings is 3. The Bertz CT molecular complexity index is 1680. The zero-order valence-electron chi connectivity index (χ0n) is 20.7. The number of carbonyl (C=O) groups excluding carboxylic acids is 1. The van der Waals surface area contributed by atoms with Gasteiger partial charge in [-0.3, -0.25) is 10.1 Å². The van der Waals surface area contributed by atoms with E-state index in [1.165, 1.54) is 5.56 Å². The van der Waals surface area contributed by atoms with Crippen LogP contribution in [0.1, 0.15) is 35.9 Å². The molecule has 2 aromatic heterocycles. The maximum Gasteiger partial charge on any atom is 0.293 e. The molecule has 0 unspecified atom stereocenters. The SMILES string of the molecule is CCCCc1ccc(-n2nc3cc(Cl)c(NC(=S)NC(=O)c4ccc(-c5ccc(Cl)c(Cl)c5)o4)cc3n2)cc1. The van der Waals surface area contributed by atoms with Crippen molar-refractivity contribution in [2.45, 2.75) is 26.2 Å². The standard InChI is InChI=1S/C28H22Cl3N5O2S/c1-2-3-4-16-5-8-18(9-6-16)36-34-23-14-21(31)22(15-24(23)35-36)32-28(39)33-27(37)26-12-11-25(38-26)17-7-10-19(29)20(30)13-17/h5-15H,2-4H2,1H3,(H2,32,33,37,39). The van der Waals surface area contributed by atoms with Crippen LogP contribution in [0.25, 0.3) is 28.0 Å². The number of amides is 1. The number of nitrogens with one attached hydrogen (secondary N) is 2. The molecule has 1 amide bonds. The maximum absolute atomic E-state index is 12.7. The molecule has 198 valence electrons. The normalized spacial score (nSPS) is 11.1. The molecule has 0 spiro atoms. The lowest BCUT2D eigenvalue weighted by atomic mass is 10.1. The van der Waals surface area contributed by atoms with Gasteiger partial charge >= 0.3 is 0 Å². The number of nitrogens with zero attached hydrogens (tertiary/aromatic N) is 3. The molecule has 7 nitrogen and oxygen atoms in total. The number of carbonyl (C=O) groups is 1. The fourth-order valence-corrected chi connectivity index (χ4v) is 4.61.